The van der Waals surface area contributed by atoms with Gasteiger partial charge in [-0.2, -0.15) is 0 Å². The van der Waals surface area contributed by atoms with Crippen LogP contribution in [-0.4, -0.2) is 17.7 Å². The van der Waals surface area contributed by atoms with Crippen molar-refractivity contribution in [2.75, 3.05) is 11.6 Å². The van der Waals surface area contributed by atoms with Crippen LogP contribution in [0.1, 0.15) is 18.4 Å². The van der Waals surface area contributed by atoms with E-state index in [-0.39, 0.29) is 18.6 Å². The van der Waals surface area contributed by atoms with E-state index < -0.39 is 0 Å². The molecule has 74 valence electrons. The van der Waals surface area contributed by atoms with Crippen molar-refractivity contribution < 1.29 is 9.90 Å². The number of nitrogens with zero attached hydrogens (tertiary/aromatic N) is 1. The standard InChI is InChI=1S/C10H10BrNO2/c1-6-8-4-7(11)2-3-9(8)12(5-13)10(6)14/h2-4,6,13H,5H2,1H3. The summed E-state index contributed by atoms with van der Waals surface area (Å²) in [4.78, 5) is 13.1. The molecule has 0 spiro atoms. The van der Waals surface area contributed by atoms with Crippen molar-refractivity contribution in [3.63, 3.8) is 0 Å². The molecule has 1 amide bonds. The van der Waals surface area contributed by atoms with Crippen LogP contribution >= 0.6 is 15.9 Å². The fraction of sp³-hybridized carbons (Fsp3) is 0.300. The number of anilines is 1. The summed E-state index contributed by atoms with van der Waals surface area (Å²) in [7, 11) is 0. The van der Waals surface area contributed by atoms with Gasteiger partial charge in [0.2, 0.25) is 5.91 Å². The van der Waals surface area contributed by atoms with Crippen LogP contribution in [0, 0.1) is 0 Å². The summed E-state index contributed by atoms with van der Waals surface area (Å²) in [5.41, 5.74) is 1.78. The molecule has 0 aromatic heterocycles. The number of benzene rings is 1. The zero-order chi connectivity index (χ0) is 10.3. The van der Waals surface area contributed by atoms with Crippen molar-refractivity contribution in [2.24, 2.45) is 0 Å². The van der Waals surface area contributed by atoms with E-state index in [1.807, 2.05) is 25.1 Å². The van der Waals surface area contributed by atoms with E-state index in [2.05, 4.69) is 15.9 Å². The van der Waals surface area contributed by atoms with Crippen LogP contribution < -0.4 is 4.90 Å². The summed E-state index contributed by atoms with van der Waals surface area (Å²) in [5, 5.41) is 9.06. The zero-order valence-corrected chi connectivity index (χ0v) is 9.28. The van der Waals surface area contributed by atoms with E-state index in [0.29, 0.717) is 0 Å². The number of carbonyl (C=O) groups excluding carboxylic acids is 1. The number of fused-ring (bicyclic) bond motifs is 1. The number of carbonyl (C=O) groups is 1. The third-order valence-electron chi connectivity index (χ3n) is 2.52. The molecular weight excluding hydrogens is 246 g/mol. The second-order valence-electron chi connectivity index (χ2n) is 3.33. The first-order valence-electron chi connectivity index (χ1n) is 4.37. The molecule has 0 radical (unpaired) electrons. The van der Waals surface area contributed by atoms with E-state index in [1.165, 1.54) is 4.90 Å². The van der Waals surface area contributed by atoms with Gasteiger partial charge in [-0.15, -0.1) is 0 Å². The molecule has 1 aliphatic rings. The first-order valence-corrected chi connectivity index (χ1v) is 5.16. The summed E-state index contributed by atoms with van der Waals surface area (Å²) in [6, 6.07) is 5.64. The molecule has 3 nitrogen and oxygen atoms in total. The van der Waals surface area contributed by atoms with Crippen molar-refractivity contribution >= 4 is 27.5 Å². The van der Waals surface area contributed by atoms with E-state index in [0.717, 1.165) is 15.7 Å². The Labute approximate surface area is 90.5 Å². The summed E-state index contributed by atoms with van der Waals surface area (Å²) in [5.74, 6) is -0.199. The number of aliphatic hydroxyl groups is 1. The number of amides is 1. The Balaban J connectivity index is 2.55. The van der Waals surface area contributed by atoms with Gasteiger partial charge in [0.05, 0.1) is 11.6 Å². The minimum Gasteiger partial charge on any atom is -0.376 e. The lowest BCUT2D eigenvalue weighted by Gasteiger charge is -2.13. The number of halogens is 1. The van der Waals surface area contributed by atoms with Gasteiger partial charge >= 0.3 is 0 Å². The second-order valence-corrected chi connectivity index (χ2v) is 4.25. The van der Waals surface area contributed by atoms with Crippen molar-refractivity contribution in [1.82, 2.24) is 0 Å². The molecule has 1 aliphatic heterocycles. The largest absolute Gasteiger partial charge is 0.376 e. The molecule has 1 aromatic rings. The maximum absolute atomic E-state index is 11.7. The van der Waals surface area contributed by atoms with Gasteiger partial charge in [0.1, 0.15) is 6.73 Å². The van der Waals surface area contributed by atoms with E-state index in [9.17, 15) is 4.79 Å². The van der Waals surface area contributed by atoms with Gasteiger partial charge in [-0.05, 0) is 30.7 Å². The lowest BCUT2D eigenvalue weighted by molar-refractivity contribution is -0.119. The maximum Gasteiger partial charge on any atom is 0.236 e. The Morgan fingerprint density at radius 3 is 2.93 bits per heavy atom. The van der Waals surface area contributed by atoms with Crippen LogP contribution in [0.15, 0.2) is 22.7 Å². The molecule has 0 bridgehead atoms. The minimum atomic E-state index is -0.252. The Morgan fingerprint density at radius 2 is 2.29 bits per heavy atom. The zero-order valence-electron chi connectivity index (χ0n) is 7.70. The number of hydrogen-bond donors (Lipinski definition) is 1. The molecule has 0 aliphatic carbocycles. The van der Waals surface area contributed by atoms with Gasteiger partial charge in [0.25, 0.3) is 0 Å². The van der Waals surface area contributed by atoms with Crippen molar-refractivity contribution in [1.29, 1.82) is 0 Å². The highest BCUT2D eigenvalue weighted by molar-refractivity contribution is 9.10. The molecule has 1 atom stereocenters. The third kappa shape index (κ3) is 1.26. The molecule has 1 aromatic carbocycles. The number of aliphatic hydroxyl groups excluding tert-OH is 1. The van der Waals surface area contributed by atoms with Gasteiger partial charge in [0, 0.05) is 4.47 Å². The van der Waals surface area contributed by atoms with Crippen LogP contribution in [0.2, 0.25) is 0 Å². The molecule has 2 rings (SSSR count). The van der Waals surface area contributed by atoms with E-state index in [4.69, 9.17) is 5.11 Å². The third-order valence-corrected chi connectivity index (χ3v) is 3.02. The molecule has 0 saturated heterocycles. The quantitative estimate of drug-likeness (QED) is 0.832. The first-order chi connectivity index (χ1) is 6.65. The Kier molecular flexibility index (Phi) is 2.33. The van der Waals surface area contributed by atoms with Crippen molar-refractivity contribution in [2.45, 2.75) is 12.8 Å². The average Bonchev–Trinajstić information content (AvgIpc) is 2.41. The summed E-state index contributed by atoms with van der Waals surface area (Å²) >= 11 is 3.36. The SMILES string of the molecule is CC1C(=O)N(CO)c2ccc(Br)cc21. The molecule has 0 fully saturated rings. The van der Waals surface area contributed by atoms with Gasteiger partial charge in [-0.25, -0.2) is 0 Å². The van der Waals surface area contributed by atoms with Gasteiger partial charge in [-0.3, -0.25) is 9.69 Å². The smallest absolute Gasteiger partial charge is 0.236 e. The fourth-order valence-electron chi connectivity index (χ4n) is 1.75. The van der Waals surface area contributed by atoms with Gasteiger partial charge in [0.15, 0.2) is 0 Å². The van der Waals surface area contributed by atoms with Crippen LogP contribution in [0.4, 0.5) is 5.69 Å². The van der Waals surface area contributed by atoms with Crippen molar-refractivity contribution in [3.05, 3.63) is 28.2 Å². The van der Waals surface area contributed by atoms with E-state index >= 15 is 0 Å². The predicted octanol–water partition coefficient (Wildman–Crippen LogP) is 1.85. The van der Waals surface area contributed by atoms with Crippen LogP contribution in [0.25, 0.3) is 0 Å². The summed E-state index contributed by atoms with van der Waals surface area (Å²) in [6.45, 7) is 1.60. The second kappa shape index (κ2) is 3.37. The van der Waals surface area contributed by atoms with Gasteiger partial charge < -0.3 is 5.11 Å². The lowest BCUT2D eigenvalue weighted by atomic mass is 10.0. The molecular formula is C10H10BrNO2. The lowest BCUT2D eigenvalue weighted by Crippen LogP contribution is -2.28. The highest BCUT2D eigenvalue weighted by atomic mass is 79.9. The Bertz CT molecular complexity index is 392. The first kappa shape index (κ1) is 9.68. The summed E-state index contributed by atoms with van der Waals surface area (Å²) in [6.07, 6.45) is 0. The molecule has 0 saturated carbocycles. The van der Waals surface area contributed by atoms with Crippen LogP contribution in [0.5, 0.6) is 0 Å². The molecule has 4 heteroatoms. The highest BCUT2D eigenvalue weighted by Gasteiger charge is 2.33. The van der Waals surface area contributed by atoms with E-state index in [1.54, 1.807) is 0 Å². The predicted molar refractivity (Wildman–Crippen MR) is 57.1 cm³/mol. The topological polar surface area (TPSA) is 40.5 Å². The Hall–Kier alpha value is -0.870. The average molecular weight is 256 g/mol. The summed E-state index contributed by atoms with van der Waals surface area (Å²) < 4.78 is 0.954. The van der Waals surface area contributed by atoms with Crippen LogP contribution in [0.3, 0.4) is 0 Å². The molecule has 1 heterocycles. The van der Waals surface area contributed by atoms with Crippen molar-refractivity contribution in [3.8, 4) is 0 Å². The van der Waals surface area contributed by atoms with Gasteiger partial charge in [-0.1, -0.05) is 15.9 Å². The molecule has 14 heavy (non-hydrogen) atoms. The maximum atomic E-state index is 11.7. The molecule has 1 N–H and O–H groups in total. The fourth-order valence-corrected chi connectivity index (χ4v) is 2.13. The monoisotopic (exact) mass is 255 g/mol. The highest BCUT2D eigenvalue weighted by Crippen LogP contribution is 2.38. The normalized spacial score (nSPS) is 20.1. The molecule has 1 unspecified atom stereocenters. The number of rotatable bonds is 1. The van der Waals surface area contributed by atoms with Crippen LogP contribution in [-0.2, 0) is 4.79 Å². The number of hydrogen-bond acceptors (Lipinski definition) is 2. The minimum absolute atomic E-state index is 0.0411. The Morgan fingerprint density at radius 1 is 1.57 bits per heavy atom.